The summed E-state index contributed by atoms with van der Waals surface area (Å²) < 4.78 is 6.10. The minimum atomic E-state index is -0.594. The van der Waals surface area contributed by atoms with Gasteiger partial charge in [-0.25, -0.2) is 4.79 Å². The Morgan fingerprint density at radius 3 is 3.16 bits per heavy atom. The van der Waals surface area contributed by atoms with Crippen LogP contribution in [0.1, 0.15) is 30.5 Å². The molecule has 4 nitrogen and oxygen atoms in total. The Balaban J connectivity index is 2.05. The summed E-state index contributed by atoms with van der Waals surface area (Å²) in [6, 6.07) is 6.04. The lowest BCUT2D eigenvalue weighted by Crippen LogP contribution is -2.64. The largest absolute Gasteiger partial charge is 0.468 e. The number of hydrogen-bond donors (Lipinski definition) is 1. The zero-order valence-corrected chi connectivity index (χ0v) is 11.3. The molecule has 2 heterocycles. The number of rotatable bonds is 2. The number of hydrogen-bond acceptors (Lipinski definition) is 2. The number of carbonyl (C=O) groups is 1. The third-order valence-corrected chi connectivity index (χ3v) is 3.88. The molecule has 1 saturated heterocycles. The summed E-state index contributed by atoms with van der Waals surface area (Å²) in [4.78, 5) is 13.9. The molecule has 2 amide bonds. The summed E-state index contributed by atoms with van der Waals surface area (Å²) in [7, 11) is 0. The van der Waals surface area contributed by atoms with Crippen LogP contribution in [0, 0.1) is 6.92 Å². The molecule has 0 saturated carbocycles. The van der Waals surface area contributed by atoms with E-state index in [1.54, 1.807) is 11.0 Å². The van der Waals surface area contributed by atoms with Crippen LogP contribution in [0.5, 0.6) is 5.75 Å². The third kappa shape index (κ3) is 1.79. The van der Waals surface area contributed by atoms with Crippen molar-refractivity contribution in [3.05, 3.63) is 42.0 Å². The number of fused-ring (bicyclic) bond motifs is 4. The number of ether oxygens (including phenoxy) is 1. The average Bonchev–Trinajstić information content (AvgIpc) is 2.35. The van der Waals surface area contributed by atoms with Crippen LogP contribution in [0.2, 0.25) is 0 Å². The van der Waals surface area contributed by atoms with E-state index in [1.807, 2.05) is 26.0 Å². The van der Waals surface area contributed by atoms with Gasteiger partial charge in [0.05, 0.1) is 6.04 Å². The van der Waals surface area contributed by atoms with Gasteiger partial charge in [-0.15, -0.1) is 6.58 Å². The van der Waals surface area contributed by atoms with Gasteiger partial charge in [-0.05, 0) is 19.9 Å². The molecule has 1 fully saturated rings. The highest BCUT2D eigenvalue weighted by molar-refractivity contribution is 5.77. The molecule has 2 aliphatic rings. The first-order valence-electron chi connectivity index (χ1n) is 6.52. The quantitative estimate of drug-likeness (QED) is 0.829. The van der Waals surface area contributed by atoms with Gasteiger partial charge in [0.2, 0.25) is 0 Å². The van der Waals surface area contributed by atoms with E-state index in [0.717, 1.165) is 17.7 Å². The summed E-state index contributed by atoms with van der Waals surface area (Å²) in [5.74, 6) is 0.860. The molecule has 0 radical (unpaired) electrons. The van der Waals surface area contributed by atoms with Crippen LogP contribution in [-0.4, -0.2) is 23.2 Å². The van der Waals surface area contributed by atoms with Crippen molar-refractivity contribution in [3.63, 3.8) is 0 Å². The molecule has 0 aliphatic carbocycles. The summed E-state index contributed by atoms with van der Waals surface area (Å²) in [5.41, 5.74) is 1.65. The summed E-state index contributed by atoms with van der Waals surface area (Å²) in [6.07, 6.45) is 2.47. The van der Waals surface area contributed by atoms with Crippen molar-refractivity contribution in [2.45, 2.75) is 32.0 Å². The monoisotopic (exact) mass is 258 g/mol. The van der Waals surface area contributed by atoms with Gasteiger partial charge in [-0.1, -0.05) is 23.8 Å². The van der Waals surface area contributed by atoms with Gasteiger partial charge in [0.15, 0.2) is 5.72 Å². The van der Waals surface area contributed by atoms with Crippen LogP contribution in [0.25, 0.3) is 0 Å². The molecule has 1 aromatic rings. The van der Waals surface area contributed by atoms with E-state index in [1.165, 1.54) is 5.56 Å². The highest BCUT2D eigenvalue weighted by atomic mass is 16.5. The zero-order chi connectivity index (χ0) is 13.6. The number of amides is 2. The Kier molecular flexibility index (Phi) is 2.55. The van der Waals surface area contributed by atoms with Gasteiger partial charge in [0, 0.05) is 18.5 Å². The van der Waals surface area contributed by atoms with Crippen LogP contribution in [0.3, 0.4) is 0 Å². The van der Waals surface area contributed by atoms with Crippen molar-refractivity contribution in [2.24, 2.45) is 0 Å². The number of nitrogens with zero attached hydrogens (tertiary/aromatic N) is 1. The minimum Gasteiger partial charge on any atom is -0.468 e. The molecule has 3 rings (SSSR count). The second-order valence-corrected chi connectivity index (χ2v) is 5.42. The fraction of sp³-hybridized carbons (Fsp3) is 0.400. The first kappa shape index (κ1) is 12.1. The average molecular weight is 258 g/mol. The summed E-state index contributed by atoms with van der Waals surface area (Å²) >= 11 is 0. The second-order valence-electron chi connectivity index (χ2n) is 5.42. The van der Waals surface area contributed by atoms with Crippen LogP contribution in [-0.2, 0) is 0 Å². The standard InChI is InChI=1S/C15H18N2O2/c1-4-7-17-14(18)16-12-9-15(17,3)19-13-6-5-10(2)8-11(12)13/h4-6,8,12H,1,7,9H2,2-3H3,(H,16,18). The van der Waals surface area contributed by atoms with E-state index in [0.29, 0.717) is 6.54 Å². The predicted molar refractivity (Wildman–Crippen MR) is 73.0 cm³/mol. The van der Waals surface area contributed by atoms with Crippen LogP contribution < -0.4 is 10.1 Å². The highest BCUT2D eigenvalue weighted by Crippen LogP contribution is 2.44. The van der Waals surface area contributed by atoms with Gasteiger partial charge in [0.1, 0.15) is 5.75 Å². The molecule has 2 unspecified atom stereocenters. The van der Waals surface area contributed by atoms with E-state index in [9.17, 15) is 4.79 Å². The van der Waals surface area contributed by atoms with Gasteiger partial charge in [0.25, 0.3) is 0 Å². The molecule has 4 heteroatoms. The molecule has 1 N–H and O–H groups in total. The first-order chi connectivity index (χ1) is 9.03. The molecular weight excluding hydrogens is 240 g/mol. The van der Waals surface area contributed by atoms with Crippen molar-refractivity contribution in [2.75, 3.05) is 6.54 Å². The van der Waals surface area contributed by atoms with Gasteiger partial charge < -0.3 is 10.1 Å². The molecular formula is C15H18N2O2. The fourth-order valence-corrected chi connectivity index (χ4v) is 2.94. The third-order valence-electron chi connectivity index (χ3n) is 3.88. The van der Waals surface area contributed by atoms with E-state index in [2.05, 4.69) is 18.0 Å². The number of benzene rings is 1. The second kappa shape index (κ2) is 4.02. The van der Waals surface area contributed by atoms with E-state index in [-0.39, 0.29) is 12.1 Å². The maximum absolute atomic E-state index is 12.2. The van der Waals surface area contributed by atoms with Crippen LogP contribution in [0.4, 0.5) is 4.79 Å². The van der Waals surface area contributed by atoms with Crippen LogP contribution >= 0.6 is 0 Å². The van der Waals surface area contributed by atoms with E-state index >= 15 is 0 Å². The molecule has 1 aromatic carbocycles. The van der Waals surface area contributed by atoms with E-state index in [4.69, 9.17) is 4.74 Å². The molecule has 0 aromatic heterocycles. The lowest BCUT2D eigenvalue weighted by Gasteiger charge is -2.50. The SMILES string of the molecule is C=CCN1C(=O)NC2CC1(C)Oc1ccc(C)cc12. The Labute approximate surface area is 113 Å². The summed E-state index contributed by atoms with van der Waals surface area (Å²) in [5, 5.41) is 3.05. The molecule has 100 valence electrons. The fourth-order valence-electron chi connectivity index (χ4n) is 2.94. The normalized spacial score (nSPS) is 28.2. The lowest BCUT2D eigenvalue weighted by molar-refractivity contribution is -0.0788. The zero-order valence-electron chi connectivity index (χ0n) is 11.3. The highest BCUT2D eigenvalue weighted by Gasteiger charge is 2.48. The van der Waals surface area contributed by atoms with Gasteiger partial charge >= 0.3 is 6.03 Å². The van der Waals surface area contributed by atoms with Crippen molar-refractivity contribution in [1.82, 2.24) is 10.2 Å². The van der Waals surface area contributed by atoms with E-state index < -0.39 is 5.72 Å². The maximum atomic E-state index is 12.2. The topological polar surface area (TPSA) is 41.6 Å². The number of carbonyl (C=O) groups excluding carboxylic acids is 1. The van der Waals surface area contributed by atoms with Crippen LogP contribution in [0.15, 0.2) is 30.9 Å². The lowest BCUT2D eigenvalue weighted by atomic mass is 9.89. The molecule has 19 heavy (non-hydrogen) atoms. The minimum absolute atomic E-state index is 0.0298. The Morgan fingerprint density at radius 1 is 1.63 bits per heavy atom. The first-order valence-corrected chi connectivity index (χ1v) is 6.52. The number of urea groups is 1. The summed E-state index contributed by atoms with van der Waals surface area (Å²) in [6.45, 7) is 8.19. The number of aryl methyl sites for hydroxylation is 1. The molecule has 0 spiro atoms. The predicted octanol–water partition coefficient (Wildman–Crippen LogP) is 2.75. The maximum Gasteiger partial charge on any atom is 0.321 e. The smallest absolute Gasteiger partial charge is 0.321 e. The van der Waals surface area contributed by atoms with Crippen molar-refractivity contribution < 1.29 is 9.53 Å². The van der Waals surface area contributed by atoms with Crippen molar-refractivity contribution in [3.8, 4) is 5.75 Å². The Bertz CT molecular complexity index is 555. The molecule has 2 aliphatic heterocycles. The van der Waals surface area contributed by atoms with Gasteiger partial charge in [-0.3, -0.25) is 4.90 Å². The Hall–Kier alpha value is -1.97. The van der Waals surface area contributed by atoms with Crippen molar-refractivity contribution >= 4 is 6.03 Å². The number of nitrogens with one attached hydrogen (secondary N) is 1. The molecule has 2 atom stereocenters. The van der Waals surface area contributed by atoms with Gasteiger partial charge in [-0.2, -0.15) is 0 Å². The van der Waals surface area contributed by atoms with Crippen molar-refractivity contribution in [1.29, 1.82) is 0 Å². The molecule has 2 bridgehead atoms. The Morgan fingerprint density at radius 2 is 2.42 bits per heavy atom.